The van der Waals surface area contributed by atoms with Crippen LogP contribution in [0.4, 0.5) is 0 Å². The third-order valence-electron chi connectivity index (χ3n) is 4.93. The molecule has 0 bridgehead atoms. The number of likely N-dealkylation sites (N-methyl/N-ethyl adjacent to an activating group) is 1. The van der Waals surface area contributed by atoms with E-state index in [2.05, 4.69) is 18.7 Å². The number of nitrogens with zero attached hydrogens (tertiary/aromatic N) is 1. The zero-order valence-electron chi connectivity index (χ0n) is 11.0. The summed E-state index contributed by atoms with van der Waals surface area (Å²) in [4.78, 5) is 2.77. The van der Waals surface area contributed by atoms with Gasteiger partial charge in [0, 0.05) is 18.1 Å². The van der Waals surface area contributed by atoms with Crippen molar-refractivity contribution in [2.45, 2.75) is 70.4 Å². The molecule has 94 valence electrons. The van der Waals surface area contributed by atoms with Crippen molar-refractivity contribution >= 4 is 0 Å². The van der Waals surface area contributed by atoms with E-state index in [4.69, 9.17) is 5.73 Å². The fourth-order valence-electron chi connectivity index (χ4n) is 4.13. The highest BCUT2D eigenvalue weighted by molar-refractivity contribution is 5.00. The molecule has 0 heterocycles. The molecule has 2 saturated carbocycles. The summed E-state index contributed by atoms with van der Waals surface area (Å²) in [7, 11) is 0. The van der Waals surface area contributed by atoms with Crippen LogP contribution in [-0.2, 0) is 0 Å². The van der Waals surface area contributed by atoms with Crippen LogP contribution in [0.5, 0.6) is 0 Å². The van der Waals surface area contributed by atoms with Crippen LogP contribution < -0.4 is 5.73 Å². The van der Waals surface area contributed by atoms with Crippen molar-refractivity contribution in [1.82, 2.24) is 4.90 Å². The second-order valence-electron chi connectivity index (χ2n) is 6.00. The molecule has 2 fully saturated rings. The molecular formula is C14H28N2. The summed E-state index contributed by atoms with van der Waals surface area (Å²) in [5.41, 5.74) is 6.48. The second-order valence-corrected chi connectivity index (χ2v) is 6.00. The maximum absolute atomic E-state index is 6.13. The summed E-state index contributed by atoms with van der Waals surface area (Å²) >= 11 is 0. The lowest BCUT2D eigenvalue weighted by Crippen LogP contribution is -2.55. The molecule has 2 atom stereocenters. The topological polar surface area (TPSA) is 29.3 Å². The third kappa shape index (κ3) is 2.14. The van der Waals surface area contributed by atoms with Gasteiger partial charge in [-0.25, -0.2) is 0 Å². The summed E-state index contributed by atoms with van der Waals surface area (Å²) in [6.45, 7) is 6.76. The number of nitrogens with two attached hydrogens (primary N) is 1. The molecule has 0 aliphatic heterocycles. The van der Waals surface area contributed by atoms with E-state index in [0.717, 1.165) is 18.5 Å². The monoisotopic (exact) mass is 224 g/mol. The van der Waals surface area contributed by atoms with Crippen molar-refractivity contribution in [3.63, 3.8) is 0 Å². The van der Waals surface area contributed by atoms with E-state index >= 15 is 0 Å². The van der Waals surface area contributed by atoms with Gasteiger partial charge in [-0.2, -0.15) is 0 Å². The molecular weight excluding hydrogens is 196 g/mol. The number of hydrogen-bond donors (Lipinski definition) is 1. The molecule has 2 unspecified atom stereocenters. The molecule has 2 aliphatic rings. The standard InChI is InChI=1S/C14H28N2/c1-3-16(13-6-4-5-7-13)14(11-15)9-8-12(2)10-14/h12-13H,3-11,15H2,1-2H3. The minimum atomic E-state index is 0.350. The van der Waals surface area contributed by atoms with E-state index in [1.807, 2.05) is 0 Å². The first-order valence-corrected chi connectivity index (χ1v) is 7.18. The maximum atomic E-state index is 6.13. The fraction of sp³-hybridized carbons (Fsp3) is 1.00. The molecule has 0 aromatic rings. The van der Waals surface area contributed by atoms with Gasteiger partial charge in [0.25, 0.3) is 0 Å². The van der Waals surface area contributed by atoms with Crippen LogP contribution in [0, 0.1) is 5.92 Å². The van der Waals surface area contributed by atoms with Gasteiger partial charge >= 0.3 is 0 Å². The zero-order chi connectivity index (χ0) is 11.6. The first kappa shape index (κ1) is 12.4. The Bertz CT molecular complexity index is 223. The van der Waals surface area contributed by atoms with E-state index in [1.165, 1.54) is 51.5 Å². The SMILES string of the molecule is CCN(C1CCCC1)C1(CN)CCC(C)C1. The smallest absolute Gasteiger partial charge is 0.0337 e. The summed E-state index contributed by atoms with van der Waals surface area (Å²) in [5, 5.41) is 0. The summed E-state index contributed by atoms with van der Waals surface area (Å²) < 4.78 is 0. The molecule has 16 heavy (non-hydrogen) atoms. The first-order chi connectivity index (χ1) is 7.72. The molecule has 0 aromatic heterocycles. The Morgan fingerprint density at radius 1 is 1.25 bits per heavy atom. The lowest BCUT2D eigenvalue weighted by molar-refractivity contribution is 0.0568. The lowest BCUT2D eigenvalue weighted by Gasteiger charge is -2.44. The minimum Gasteiger partial charge on any atom is -0.329 e. The highest BCUT2D eigenvalue weighted by Crippen LogP contribution is 2.41. The quantitative estimate of drug-likeness (QED) is 0.795. The molecule has 2 heteroatoms. The van der Waals surface area contributed by atoms with E-state index in [-0.39, 0.29) is 0 Å². The number of hydrogen-bond acceptors (Lipinski definition) is 2. The van der Waals surface area contributed by atoms with Gasteiger partial charge in [0.1, 0.15) is 0 Å². The van der Waals surface area contributed by atoms with Gasteiger partial charge in [0.15, 0.2) is 0 Å². The van der Waals surface area contributed by atoms with E-state index in [0.29, 0.717) is 5.54 Å². The normalized spacial score (nSPS) is 36.4. The van der Waals surface area contributed by atoms with E-state index in [9.17, 15) is 0 Å². The van der Waals surface area contributed by atoms with Gasteiger partial charge in [-0.15, -0.1) is 0 Å². The number of rotatable bonds is 4. The van der Waals surface area contributed by atoms with Crippen molar-refractivity contribution < 1.29 is 0 Å². The lowest BCUT2D eigenvalue weighted by atomic mass is 9.91. The predicted octanol–water partition coefficient (Wildman–Crippen LogP) is 2.77. The molecule has 2 nitrogen and oxygen atoms in total. The average Bonchev–Trinajstić information content (AvgIpc) is 2.91. The van der Waals surface area contributed by atoms with Gasteiger partial charge in [-0.05, 0) is 44.6 Å². The Kier molecular flexibility index (Phi) is 3.91. The molecule has 2 aliphatic carbocycles. The molecule has 0 amide bonds. The van der Waals surface area contributed by atoms with Gasteiger partial charge in [-0.3, -0.25) is 4.90 Å². The van der Waals surface area contributed by atoms with Gasteiger partial charge in [-0.1, -0.05) is 26.7 Å². The Labute approximate surface area is 101 Å². The van der Waals surface area contributed by atoms with Crippen LogP contribution in [0.3, 0.4) is 0 Å². The Hall–Kier alpha value is -0.0800. The second kappa shape index (κ2) is 5.05. The third-order valence-corrected chi connectivity index (χ3v) is 4.93. The van der Waals surface area contributed by atoms with E-state index in [1.54, 1.807) is 0 Å². The highest BCUT2D eigenvalue weighted by atomic mass is 15.2. The molecule has 2 N–H and O–H groups in total. The van der Waals surface area contributed by atoms with Crippen molar-refractivity contribution in [2.75, 3.05) is 13.1 Å². The molecule has 0 aromatic carbocycles. The largest absolute Gasteiger partial charge is 0.329 e. The Morgan fingerprint density at radius 2 is 1.94 bits per heavy atom. The van der Waals surface area contributed by atoms with Crippen LogP contribution >= 0.6 is 0 Å². The molecule has 0 radical (unpaired) electrons. The van der Waals surface area contributed by atoms with Crippen LogP contribution in [0.25, 0.3) is 0 Å². The predicted molar refractivity (Wildman–Crippen MR) is 69.4 cm³/mol. The molecule has 2 rings (SSSR count). The van der Waals surface area contributed by atoms with Gasteiger partial charge in [0.05, 0.1) is 0 Å². The Morgan fingerprint density at radius 3 is 2.38 bits per heavy atom. The van der Waals surface area contributed by atoms with Gasteiger partial charge < -0.3 is 5.73 Å². The van der Waals surface area contributed by atoms with Crippen LogP contribution in [-0.4, -0.2) is 29.6 Å². The van der Waals surface area contributed by atoms with Crippen molar-refractivity contribution in [1.29, 1.82) is 0 Å². The first-order valence-electron chi connectivity index (χ1n) is 7.18. The summed E-state index contributed by atoms with van der Waals surface area (Å²) in [5.74, 6) is 0.874. The minimum absolute atomic E-state index is 0.350. The summed E-state index contributed by atoms with van der Waals surface area (Å²) in [6, 6.07) is 0.832. The van der Waals surface area contributed by atoms with Crippen LogP contribution in [0.15, 0.2) is 0 Å². The van der Waals surface area contributed by atoms with Crippen LogP contribution in [0.1, 0.15) is 58.8 Å². The van der Waals surface area contributed by atoms with Crippen molar-refractivity contribution in [3.05, 3.63) is 0 Å². The summed E-state index contributed by atoms with van der Waals surface area (Å²) in [6.07, 6.45) is 9.70. The van der Waals surface area contributed by atoms with E-state index < -0.39 is 0 Å². The van der Waals surface area contributed by atoms with Crippen molar-refractivity contribution in [3.8, 4) is 0 Å². The molecule has 0 spiro atoms. The van der Waals surface area contributed by atoms with Crippen LogP contribution in [0.2, 0.25) is 0 Å². The maximum Gasteiger partial charge on any atom is 0.0337 e. The van der Waals surface area contributed by atoms with Crippen molar-refractivity contribution in [2.24, 2.45) is 11.7 Å². The molecule has 0 saturated heterocycles. The Balaban J connectivity index is 2.10. The average molecular weight is 224 g/mol. The zero-order valence-corrected chi connectivity index (χ0v) is 11.0. The van der Waals surface area contributed by atoms with Gasteiger partial charge in [0.2, 0.25) is 0 Å². The fourth-order valence-corrected chi connectivity index (χ4v) is 4.13. The highest BCUT2D eigenvalue weighted by Gasteiger charge is 2.43.